The normalized spacial score (nSPS) is 21.3. The van der Waals surface area contributed by atoms with E-state index in [2.05, 4.69) is 38.2 Å². The lowest BCUT2D eigenvalue weighted by molar-refractivity contribution is -0.132. The summed E-state index contributed by atoms with van der Waals surface area (Å²) in [7, 11) is 0. The summed E-state index contributed by atoms with van der Waals surface area (Å²) in [4.78, 5) is 12.5. The van der Waals surface area contributed by atoms with Gasteiger partial charge in [0.25, 0.3) is 0 Å². The Morgan fingerprint density at radius 3 is 2.45 bits per heavy atom. The molecule has 1 rings (SSSR count). The van der Waals surface area contributed by atoms with E-state index in [4.69, 9.17) is 15.7 Å². The van der Waals surface area contributed by atoms with Crippen molar-refractivity contribution in [2.24, 2.45) is 27.6 Å². The van der Waals surface area contributed by atoms with E-state index in [1.165, 1.54) is 0 Å². The third kappa shape index (κ3) is 3.62. The maximum absolute atomic E-state index is 12.5. The van der Waals surface area contributed by atoms with Crippen LogP contribution in [-0.4, -0.2) is 36.7 Å². The lowest BCUT2D eigenvalue weighted by atomic mass is 9.77. The number of nitrogens with two attached hydrogens (primary N) is 1. The lowest BCUT2D eigenvalue weighted by Crippen LogP contribution is -2.53. The molecule has 6 nitrogen and oxygen atoms in total. The molecule has 4 N–H and O–H groups in total. The SMILES string of the molecule is CC(CNC(=O)C1(C(N)=NO)CCOCC1)C(C)(C)C. The standard InChI is InChI=1S/C14H27N3O3/c1-10(13(2,3)4)9-16-12(18)14(11(15)17-19)5-7-20-8-6-14/h10,19H,5-9H2,1-4H3,(H2,15,17)(H,16,18). The fourth-order valence-electron chi connectivity index (χ4n) is 2.14. The van der Waals surface area contributed by atoms with Crippen LogP contribution in [0.4, 0.5) is 0 Å². The summed E-state index contributed by atoms with van der Waals surface area (Å²) < 4.78 is 5.28. The molecule has 0 aromatic heterocycles. The van der Waals surface area contributed by atoms with E-state index >= 15 is 0 Å². The smallest absolute Gasteiger partial charge is 0.234 e. The second kappa shape index (κ2) is 6.43. The van der Waals surface area contributed by atoms with E-state index in [9.17, 15) is 4.79 Å². The van der Waals surface area contributed by atoms with Crippen molar-refractivity contribution in [1.82, 2.24) is 5.32 Å². The molecule has 0 radical (unpaired) electrons. The Kier molecular flexibility index (Phi) is 5.39. The number of nitrogens with one attached hydrogen (secondary N) is 1. The van der Waals surface area contributed by atoms with Gasteiger partial charge in [0, 0.05) is 19.8 Å². The molecule has 0 aliphatic carbocycles. The number of amides is 1. The van der Waals surface area contributed by atoms with Crippen molar-refractivity contribution in [3.8, 4) is 0 Å². The topological polar surface area (TPSA) is 96.9 Å². The van der Waals surface area contributed by atoms with Gasteiger partial charge in [-0.15, -0.1) is 0 Å². The van der Waals surface area contributed by atoms with Gasteiger partial charge in [0.15, 0.2) is 5.84 Å². The third-order valence-electron chi connectivity index (χ3n) is 4.43. The molecule has 0 aromatic rings. The molecule has 20 heavy (non-hydrogen) atoms. The first-order chi connectivity index (χ1) is 9.24. The largest absolute Gasteiger partial charge is 0.409 e. The van der Waals surface area contributed by atoms with E-state index in [0.29, 0.717) is 38.5 Å². The molecule has 0 bridgehead atoms. The molecule has 1 saturated heterocycles. The number of hydrogen-bond acceptors (Lipinski definition) is 4. The Hall–Kier alpha value is -1.30. The highest BCUT2D eigenvalue weighted by molar-refractivity contribution is 6.06. The monoisotopic (exact) mass is 285 g/mol. The molecule has 1 atom stereocenters. The summed E-state index contributed by atoms with van der Waals surface area (Å²) in [5.74, 6) is 0.129. The predicted octanol–water partition coefficient (Wildman–Crippen LogP) is 1.33. The van der Waals surface area contributed by atoms with Crippen LogP contribution in [0, 0.1) is 16.7 Å². The van der Waals surface area contributed by atoms with Crippen LogP contribution in [0.25, 0.3) is 0 Å². The van der Waals surface area contributed by atoms with E-state index in [-0.39, 0.29) is 17.2 Å². The molecule has 0 spiro atoms. The van der Waals surface area contributed by atoms with Gasteiger partial charge in [0.1, 0.15) is 5.41 Å². The van der Waals surface area contributed by atoms with Gasteiger partial charge >= 0.3 is 0 Å². The molecule has 1 aliphatic rings. The average Bonchev–Trinajstić information content (AvgIpc) is 2.42. The fraction of sp³-hybridized carbons (Fsp3) is 0.857. The highest BCUT2D eigenvalue weighted by Gasteiger charge is 2.44. The third-order valence-corrected chi connectivity index (χ3v) is 4.43. The average molecular weight is 285 g/mol. The molecule has 0 saturated carbocycles. The van der Waals surface area contributed by atoms with Crippen molar-refractivity contribution in [3.63, 3.8) is 0 Å². The van der Waals surface area contributed by atoms with Gasteiger partial charge in [-0.05, 0) is 24.2 Å². The Morgan fingerprint density at radius 1 is 1.45 bits per heavy atom. The fourth-order valence-corrected chi connectivity index (χ4v) is 2.14. The molecule has 1 heterocycles. The number of oxime groups is 1. The molecule has 1 fully saturated rings. The summed E-state index contributed by atoms with van der Waals surface area (Å²) in [5, 5.41) is 15.0. The first-order valence-corrected chi connectivity index (χ1v) is 7.08. The summed E-state index contributed by atoms with van der Waals surface area (Å²) in [5.41, 5.74) is 4.94. The van der Waals surface area contributed by atoms with Crippen molar-refractivity contribution in [3.05, 3.63) is 0 Å². The Bertz CT molecular complexity index is 368. The molecule has 1 amide bonds. The van der Waals surface area contributed by atoms with Crippen LogP contribution in [0.5, 0.6) is 0 Å². The maximum atomic E-state index is 12.5. The highest BCUT2D eigenvalue weighted by Crippen LogP contribution is 2.32. The number of carbonyl (C=O) groups is 1. The van der Waals surface area contributed by atoms with Crippen LogP contribution in [0.15, 0.2) is 5.16 Å². The molecule has 1 aliphatic heterocycles. The van der Waals surface area contributed by atoms with E-state index in [1.54, 1.807) is 0 Å². The number of carbonyl (C=O) groups excluding carboxylic acids is 1. The van der Waals surface area contributed by atoms with Gasteiger partial charge in [-0.25, -0.2) is 0 Å². The number of hydrogen-bond donors (Lipinski definition) is 3. The molecular formula is C14H27N3O3. The van der Waals surface area contributed by atoms with Gasteiger partial charge in [-0.3, -0.25) is 4.79 Å². The highest BCUT2D eigenvalue weighted by atomic mass is 16.5. The first-order valence-electron chi connectivity index (χ1n) is 7.08. The number of ether oxygens (including phenoxy) is 1. The number of nitrogens with zero attached hydrogens (tertiary/aromatic N) is 1. The summed E-state index contributed by atoms with van der Waals surface area (Å²) in [6.07, 6.45) is 0.886. The minimum atomic E-state index is -0.940. The molecular weight excluding hydrogens is 258 g/mol. The predicted molar refractivity (Wildman–Crippen MR) is 77.5 cm³/mol. The summed E-state index contributed by atoms with van der Waals surface area (Å²) in [6, 6.07) is 0. The Labute approximate surface area is 120 Å². The Balaban J connectivity index is 2.75. The van der Waals surface area contributed by atoms with E-state index in [1.807, 2.05) is 0 Å². The molecule has 6 heteroatoms. The second-order valence-corrected chi connectivity index (χ2v) is 6.66. The molecule has 1 unspecified atom stereocenters. The van der Waals surface area contributed by atoms with E-state index in [0.717, 1.165) is 0 Å². The van der Waals surface area contributed by atoms with Gasteiger partial charge in [0.05, 0.1) is 0 Å². The van der Waals surface area contributed by atoms with Gasteiger partial charge < -0.3 is 21.0 Å². The van der Waals surface area contributed by atoms with Crippen molar-refractivity contribution in [1.29, 1.82) is 0 Å². The maximum Gasteiger partial charge on any atom is 0.234 e. The minimum absolute atomic E-state index is 0.0262. The summed E-state index contributed by atoms with van der Waals surface area (Å²) >= 11 is 0. The number of amidine groups is 1. The van der Waals surface area contributed by atoms with Crippen LogP contribution in [0.2, 0.25) is 0 Å². The second-order valence-electron chi connectivity index (χ2n) is 6.66. The minimum Gasteiger partial charge on any atom is -0.409 e. The van der Waals surface area contributed by atoms with Crippen molar-refractivity contribution >= 4 is 11.7 Å². The van der Waals surface area contributed by atoms with Crippen molar-refractivity contribution in [2.75, 3.05) is 19.8 Å². The lowest BCUT2D eigenvalue weighted by Gasteiger charge is -2.35. The first kappa shape index (κ1) is 16.8. The zero-order valence-corrected chi connectivity index (χ0v) is 12.9. The van der Waals surface area contributed by atoms with E-state index < -0.39 is 5.41 Å². The zero-order chi connectivity index (χ0) is 15.4. The van der Waals surface area contributed by atoms with Crippen LogP contribution >= 0.6 is 0 Å². The quantitative estimate of drug-likeness (QED) is 0.314. The van der Waals surface area contributed by atoms with Crippen molar-refractivity contribution < 1.29 is 14.7 Å². The molecule has 116 valence electrons. The number of rotatable bonds is 4. The zero-order valence-electron chi connectivity index (χ0n) is 12.9. The van der Waals surface area contributed by atoms with Crippen molar-refractivity contribution in [2.45, 2.75) is 40.5 Å². The molecule has 0 aromatic carbocycles. The Morgan fingerprint density at radius 2 is 2.00 bits per heavy atom. The van der Waals surface area contributed by atoms with Crippen LogP contribution < -0.4 is 11.1 Å². The van der Waals surface area contributed by atoms with Crippen LogP contribution in [0.3, 0.4) is 0 Å². The van der Waals surface area contributed by atoms with Crippen LogP contribution in [0.1, 0.15) is 40.5 Å². The van der Waals surface area contributed by atoms with Gasteiger partial charge in [-0.1, -0.05) is 32.9 Å². The van der Waals surface area contributed by atoms with Crippen LogP contribution in [-0.2, 0) is 9.53 Å². The van der Waals surface area contributed by atoms with Gasteiger partial charge in [0.2, 0.25) is 5.91 Å². The van der Waals surface area contributed by atoms with Gasteiger partial charge in [-0.2, -0.15) is 0 Å². The summed E-state index contributed by atoms with van der Waals surface area (Å²) in [6.45, 7) is 9.97.